The van der Waals surface area contributed by atoms with Crippen molar-refractivity contribution in [2.75, 3.05) is 52.9 Å². The minimum absolute atomic E-state index is 0.0718. The number of likely N-dealkylation sites (N-methyl/N-ethyl adjacent to an activating group) is 1. The van der Waals surface area contributed by atoms with Crippen LogP contribution in [0.1, 0.15) is 6.92 Å². The summed E-state index contributed by atoms with van der Waals surface area (Å²) in [7, 11) is 1.54. The molecule has 1 rings (SSSR count). The highest BCUT2D eigenvalue weighted by Gasteiger charge is 2.24. The van der Waals surface area contributed by atoms with Gasteiger partial charge in [0.05, 0.1) is 19.7 Å². The third-order valence-corrected chi connectivity index (χ3v) is 3.00. The summed E-state index contributed by atoms with van der Waals surface area (Å²) in [6, 6.07) is 0. The van der Waals surface area contributed by atoms with E-state index in [4.69, 9.17) is 4.74 Å². The first-order valence-electron chi connectivity index (χ1n) is 6.69. The van der Waals surface area contributed by atoms with E-state index in [2.05, 4.69) is 10.6 Å². The molecule has 1 aliphatic heterocycles. The molecular weight excluding hydrogens is 264 g/mol. The quantitative estimate of drug-likeness (QED) is 0.650. The summed E-state index contributed by atoms with van der Waals surface area (Å²) in [4.78, 5) is 37.6. The van der Waals surface area contributed by atoms with Crippen molar-refractivity contribution in [2.45, 2.75) is 6.92 Å². The predicted octanol–water partition coefficient (Wildman–Crippen LogP) is -1.38. The molecule has 0 saturated carbocycles. The number of ether oxygens (including phenoxy) is 1. The fourth-order valence-corrected chi connectivity index (χ4v) is 1.84. The van der Waals surface area contributed by atoms with Crippen LogP contribution in [0.25, 0.3) is 0 Å². The smallest absolute Gasteiger partial charge is 0.409 e. The van der Waals surface area contributed by atoms with Crippen molar-refractivity contribution >= 4 is 17.9 Å². The zero-order valence-corrected chi connectivity index (χ0v) is 12.0. The number of carbonyl (C=O) groups is 3. The third-order valence-electron chi connectivity index (χ3n) is 3.00. The minimum atomic E-state index is -0.336. The highest BCUT2D eigenvalue weighted by atomic mass is 16.6. The summed E-state index contributed by atoms with van der Waals surface area (Å²) in [6.07, 6.45) is -0.336. The largest absolute Gasteiger partial charge is 0.450 e. The molecule has 0 aliphatic carbocycles. The van der Waals surface area contributed by atoms with Gasteiger partial charge in [0.1, 0.15) is 0 Å². The molecule has 2 N–H and O–H groups in total. The molecule has 1 saturated heterocycles. The summed E-state index contributed by atoms with van der Waals surface area (Å²) in [5.74, 6) is -0.234. The van der Waals surface area contributed by atoms with Gasteiger partial charge in [-0.3, -0.25) is 14.9 Å². The van der Waals surface area contributed by atoms with E-state index in [9.17, 15) is 14.4 Å². The molecule has 0 spiro atoms. The van der Waals surface area contributed by atoms with E-state index in [0.29, 0.717) is 32.8 Å². The van der Waals surface area contributed by atoms with E-state index in [0.717, 1.165) is 0 Å². The SMILES string of the molecule is CCOC(=O)N1CCN(C(=O)CNCC(=O)NC)CC1. The summed E-state index contributed by atoms with van der Waals surface area (Å²) >= 11 is 0. The van der Waals surface area contributed by atoms with Crippen molar-refractivity contribution < 1.29 is 19.1 Å². The van der Waals surface area contributed by atoms with Crippen molar-refractivity contribution in [1.29, 1.82) is 0 Å². The van der Waals surface area contributed by atoms with Crippen LogP contribution in [0.3, 0.4) is 0 Å². The Hall–Kier alpha value is -1.83. The Bertz CT molecular complexity index is 353. The second-order valence-electron chi connectivity index (χ2n) is 4.34. The van der Waals surface area contributed by atoms with Gasteiger partial charge in [0.15, 0.2) is 0 Å². The first-order chi connectivity index (χ1) is 9.58. The van der Waals surface area contributed by atoms with Gasteiger partial charge < -0.3 is 19.9 Å². The number of carbonyl (C=O) groups excluding carboxylic acids is 3. The lowest BCUT2D eigenvalue weighted by Crippen LogP contribution is -2.52. The maximum absolute atomic E-state index is 11.9. The lowest BCUT2D eigenvalue weighted by molar-refractivity contribution is -0.131. The Balaban J connectivity index is 2.25. The summed E-state index contributed by atoms with van der Waals surface area (Å²) in [6.45, 7) is 4.26. The Kier molecular flexibility index (Phi) is 6.78. The van der Waals surface area contributed by atoms with Crippen LogP contribution in [0, 0.1) is 0 Å². The Labute approximate surface area is 118 Å². The molecule has 0 atom stereocenters. The van der Waals surface area contributed by atoms with Crippen LogP contribution in [-0.2, 0) is 14.3 Å². The van der Waals surface area contributed by atoms with Gasteiger partial charge in [0.2, 0.25) is 11.8 Å². The van der Waals surface area contributed by atoms with Gasteiger partial charge in [-0.05, 0) is 6.92 Å². The summed E-state index contributed by atoms with van der Waals surface area (Å²) in [5, 5.41) is 5.24. The molecule has 0 aromatic heterocycles. The lowest BCUT2D eigenvalue weighted by Gasteiger charge is -2.34. The van der Waals surface area contributed by atoms with Crippen LogP contribution in [0.2, 0.25) is 0 Å². The highest BCUT2D eigenvalue weighted by molar-refractivity contribution is 5.81. The molecule has 0 aromatic carbocycles. The summed E-state index contributed by atoms with van der Waals surface area (Å²) < 4.78 is 4.91. The van der Waals surface area contributed by atoms with Crippen LogP contribution in [-0.4, -0.2) is 80.6 Å². The van der Waals surface area contributed by atoms with Crippen LogP contribution >= 0.6 is 0 Å². The molecule has 20 heavy (non-hydrogen) atoms. The second kappa shape index (κ2) is 8.36. The molecule has 114 valence electrons. The zero-order chi connectivity index (χ0) is 15.0. The summed E-state index contributed by atoms with van der Waals surface area (Å²) in [5.41, 5.74) is 0. The fourth-order valence-electron chi connectivity index (χ4n) is 1.84. The lowest BCUT2D eigenvalue weighted by atomic mass is 10.3. The molecule has 3 amide bonds. The topological polar surface area (TPSA) is 91.0 Å². The number of rotatable bonds is 5. The standard InChI is InChI=1S/C12H22N4O4/c1-3-20-12(19)16-6-4-15(5-7-16)11(18)9-14-8-10(17)13-2/h14H,3-9H2,1-2H3,(H,13,17). The van der Waals surface area contributed by atoms with Crippen LogP contribution in [0.4, 0.5) is 4.79 Å². The Morgan fingerprint density at radius 3 is 2.20 bits per heavy atom. The van der Waals surface area contributed by atoms with Gasteiger partial charge in [0, 0.05) is 33.2 Å². The minimum Gasteiger partial charge on any atom is -0.450 e. The maximum Gasteiger partial charge on any atom is 0.409 e. The zero-order valence-electron chi connectivity index (χ0n) is 12.0. The monoisotopic (exact) mass is 286 g/mol. The van der Waals surface area contributed by atoms with Crippen molar-refractivity contribution in [3.63, 3.8) is 0 Å². The van der Waals surface area contributed by atoms with Gasteiger partial charge >= 0.3 is 6.09 Å². The first kappa shape index (κ1) is 16.2. The molecule has 1 fully saturated rings. The van der Waals surface area contributed by atoms with Crippen molar-refractivity contribution in [2.24, 2.45) is 0 Å². The van der Waals surface area contributed by atoms with Gasteiger partial charge in [0.25, 0.3) is 0 Å². The van der Waals surface area contributed by atoms with E-state index >= 15 is 0 Å². The maximum atomic E-state index is 11.9. The number of hydrogen-bond acceptors (Lipinski definition) is 5. The number of nitrogens with zero attached hydrogens (tertiary/aromatic N) is 2. The Morgan fingerprint density at radius 2 is 1.65 bits per heavy atom. The molecular formula is C12H22N4O4. The molecule has 0 radical (unpaired) electrons. The average molecular weight is 286 g/mol. The van der Waals surface area contributed by atoms with E-state index in [1.165, 1.54) is 0 Å². The fraction of sp³-hybridized carbons (Fsp3) is 0.750. The molecule has 0 bridgehead atoms. The average Bonchev–Trinajstić information content (AvgIpc) is 2.47. The number of nitrogens with one attached hydrogen (secondary N) is 2. The van der Waals surface area contributed by atoms with E-state index in [1.807, 2.05) is 0 Å². The van der Waals surface area contributed by atoms with Crippen molar-refractivity contribution in [1.82, 2.24) is 20.4 Å². The normalized spacial score (nSPS) is 14.9. The molecule has 1 aliphatic rings. The molecule has 8 nitrogen and oxygen atoms in total. The number of amides is 3. The van der Waals surface area contributed by atoms with Crippen molar-refractivity contribution in [3.8, 4) is 0 Å². The third kappa shape index (κ3) is 5.04. The predicted molar refractivity (Wildman–Crippen MR) is 72.1 cm³/mol. The van der Waals surface area contributed by atoms with Gasteiger partial charge in [-0.1, -0.05) is 0 Å². The van der Waals surface area contributed by atoms with Crippen LogP contribution in [0.15, 0.2) is 0 Å². The highest BCUT2D eigenvalue weighted by Crippen LogP contribution is 2.03. The number of hydrogen-bond donors (Lipinski definition) is 2. The van der Waals surface area contributed by atoms with Gasteiger partial charge in [-0.15, -0.1) is 0 Å². The first-order valence-corrected chi connectivity index (χ1v) is 6.69. The van der Waals surface area contributed by atoms with E-state index < -0.39 is 0 Å². The molecule has 0 unspecified atom stereocenters. The molecule has 1 heterocycles. The van der Waals surface area contributed by atoms with Crippen LogP contribution < -0.4 is 10.6 Å². The van der Waals surface area contributed by atoms with Gasteiger partial charge in [-0.2, -0.15) is 0 Å². The van der Waals surface area contributed by atoms with E-state index in [-0.39, 0.29) is 31.0 Å². The molecule has 8 heteroatoms. The van der Waals surface area contributed by atoms with Crippen LogP contribution in [0.5, 0.6) is 0 Å². The van der Waals surface area contributed by atoms with Crippen molar-refractivity contribution in [3.05, 3.63) is 0 Å². The second-order valence-corrected chi connectivity index (χ2v) is 4.34. The van der Waals surface area contributed by atoms with Gasteiger partial charge in [-0.25, -0.2) is 4.79 Å². The van der Waals surface area contributed by atoms with E-state index in [1.54, 1.807) is 23.8 Å². The number of piperazine rings is 1. The molecule has 0 aromatic rings. The Morgan fingerprint density at radius 1 is 1.05 bits per heavy atom.